The first-order chi connectivity index (χ1) is 13.3. The molecule has 0 bridgehead atoms. The van der Waals surface area contributed by atoms with Crippen LogP contribution in [0, 0.1) is 11.7 Å². The van der Waals surface area contributed by atoms with Gasteiger partial charge in [0.05, 0.1) is 16.3 Å². The monoisotopic (exact) mass is 405 g/mol. The molecule has 0 aromatic heterocycles. The van der Waals surface area contributed by atoms with Crippen molar-refractivity contribution < 1.29 is 19.1 Å². The second kappa shape index (κ2) is 8.16. The zero-order chi connectivity index (χ0) is 20.4. The number of nitrogens with two attached hydrogens (primary N) is 2. The lowest BCUT2D eigenvalue weighted by Crippen LogP contribution is -2.28. The number of hydrogen-bond donors (Lipinski definition) is 4. The second-order valence-corrected chi connectivity index (χ2v) is 7.32. The SMILES string of the molecule is NC(=O)CCNC(c1ccc(Cl)c(C(=O)c2ccc(N)c(O)c2)c1F)C1CC1. The summed E-state index contributed by atoms with van der Waals surface area (Å²) in [6.07, 6.45) is 1.98. The van der Waals surface area contributed by atoms with Crippen molar-refractivity contribution in [2.45, 2.75) is 25.3 Å². The molecule has 6 N–H and O–H groups in total. The Labute approximate surface area is 166 Å². The van der Waals surface area contributed by atoms with E-state index in [1.54, 1.807) is 6.07 Å². The van der Waals surface area contributed by atoms with Gasteiger partial charge in [0, 0.05) is 30.1 Å². The van der Waals surface area contributed by atoms with Crippen molar-refractivity contribution >= 4 is 29.0 Å². The molecular formula is C20H21ClFN3O3. The topological polar surface area (TPSA) is 118 Å². The van der Waals surface area contributed by atoms with Crippen LogP contribution in [0.4, 0.5) is 10.1 Å². The zero-order valence-electron chi connectivity index (χ0n) is 15.0. The summed E-state index contributed by atoms with van der Waals surface area (Å²) in [5, 5.41) is 12.9. The lowest BCUT2D eigenvalue weighted by Gasteiger charge is -2.21. The van der Waals surface area contributed by atoms with Crippen LogP contribution in [0.5, 0.6) is 5.75 Å². The molecule has 1 saturated carbocycles. The van der Waals surface area contributed by atoms with Crippen LogP contribution in [0.25, 0.3) is 0 Å². The number of carbonyl (C=O) groups is 2. The standard InChI is InChI=1S/C20H21ClFN3O3/c21-13-5-4-12(19(10-1-2-10)25-8-7-16(24)27)18(22)17(13)20(28)11-3-6-14(23)15(26)9-11/h3-6,9-10,19,25-26H,1-2,7-8,23H2,(H2,24,27). The number of rotatable bonds is 8. The number of benzene rings is 2. The van der Waals surface area contributed by atoms with E-state index < -0.39 is 17.5 Å². The van der Waals surface area contributed by atoms with Gasteiger partial charge in [-0.1, -0.05) is 17.7 Å². The summed E-state index contributed by atoms with van der Waals surface area (Å²) in [6, 6.07) is 6.65. The number of hydrogen-bond acceptors (Lipinski definition) is 5. The van der Waals surface area contributed by atoms with Crippen LogP contribution in [0.3, 0.4) is 0 Å². The molecule has 8 heteroatoms. The number of primary amides is 1. The Balaban J connectivity index is 1.95. The Kier molecular flexibility index (Phi) is 5.86. The molecule has 1 unspecified atom stereocenters. The lowest BCUT2D eigenvalue weighted by atomic mass is 9.95. The number of nitrogen functional groups attached to an aromatic ring is 1. The predicted molar refractivity (Wildman–Crippen MR) is 105 cm³/mol. The number of phenols is 1. The number of halogens is 2. The van der Waals surface area contributed by atoms with Gasteiger partial charge in [-0.15, -0.1) is 0 Å². The van der Waals surface area contributed by atoms with E-state index in [4.69, 9.17) is 23.1 Å². The molecule has 1 atom stereocenters. The maximum absolute atomic E-state index is 15.3. The van der Waals surface area contributed by atoms with Gasteiger partial charge >= 0.3 is 0 Å². The largest absolute Gasteiger partial charge is 0.506 e. The van der Waals surface area contributed by atoms with E-state index in [0.29, 0.717) is 12.1 Å². The van der Waals surface area contributed by atoms with E-state index >= 15 is 4.39 Å². The molecule has 0 saturated heterocycles. The maximum atomic E-state index is 15.3. The van der Waals surface area contributed by atoms with E-state index in [2.05, 4.69) is 5.32 Å². The van der Waals surface area contributed by atoms with E-state index in [1.807, 2.05) is 0 Å². The molecule has 2 aromatic carbocycles. The fourth-order valence-electron chi connectivity index (χ4n) is 3.16. The number of anilines is 1. The molecule has 148 valence electrons. The first-order valence-electron chi connectivity index (χ1n) is 8.92. The third kappa shape index (κ3) is 4.26. The fraction of sp³-hybridized carbons (Fsp3) is 0.300. The summed E-state index contributed by atoms with van der Waals surface area (Å²) in [4.78, 5) is 23.8. The fourth-order valence-corrected chi connectivity index (χ4v) is 3.39. The van der Waals surface area contributed by atoms with Crippen molar-refractivity contribution in [2.75, 3.05) is 12.3 Å². The lowest BCUT2D eigenvalue weighted by molar-refractivity contribution is -0.117. The average molecular weight is 406 g/mol. The number of aromatic hydroxyl groups is 1. The summed E-state index contributed by atoms with van der Waals surface area (Å²) < 4.78 is 15.3. The average Bonchev–Trinajstić information content (AvgIpc) is 3.46. The number of phenolic OH excluding ortho intramolecular Hbond substituents is 1. The Bertz CT molecular complexity index is 931. The Morgan fingerprint density at radius 3 is 2.61 bits per heavy atom. The smallest absolute Gasteiger partial charge is 0.218 e. The molecule has 1 aliphatic carbocycles. The highest BCUT2D eigenvalue weighted by Gasteiger charge is 2.35. The van der Waals surface area contributed by atoms with Crippen LogP contribution in [0.1, 0.15) is 46.8 Å². The molecule has 0 heterocycles. The summed E-state index contributed by atoms with van der Waals surface area (Å²) in [7, 11) is 0. The van der Waals surface area contributed by atoms with Crippen LogP contribution in [-0.2, 0) is 4.79 Å². The van der Waals surface area contributed by atoms with Crippen molar-refractivity contribution in [3.05, 3.63) is 57.9 Å². The van der Waals surface area contributed by atoms with Crippen molar-refractivity contribution in [1.29, 1.82) is 0 Å². The number of carbonyl (C=O) groups excluding carboxylic acids is 2. The van der Waals surface area contributed by atoms with Gasteiger partial charge in [-0.3, -0.25) is 9.59 Å². The summed E-state index contributed by atoms with van der Waals surface area (Å²) in [5.74, 6) is -1.85. The Hall–Kier alpha value is -2.64. The van der Waals surface area contributed by atoms with Gasteiger partial charge < -0.3 is 21.9 Å². The molecule has 6 nitrogen and oxygen atoms in total. The normalized spacial score (nSPS) is 14.6. The van der Waals surface area contributed by atoms with Crippen molar-refractivity contribution in [2.24, 2.45) is 11.7 Å². The third-order valence-corrected chi connectivity index (χ3v) is 5.12. The zero-order valence-corrected chi connectivity index (χ0v) is 15.8. The van der Waals surface area contributed by atoms with Crippen LogP contribution in [-0.4, -0.2) is 23.3 Å². The number of ketones is 1. The molecule has 0 radical (unpaired) electrons. The molecule has 2 aromatic rings. The van der Waals surface area contributed by atoms with Crippen LogP contribution in [0.15, 0.2) is 30.3 Å². The molecule has 1 amide bonds. The predicted octanol–water partition coefficient (Wildman–Crippen LogP) is 2.91. The summed E-state index contributed by atoms with van der Waals surface area (Å²) >= 11 is 6.13. The van der Waals surface area contributed by atoms with Gasteiger partial charge in [-0.05, 0) is 43.0 Å². The van der Waals surface area contributed by atoms with Gasteiger partial charge in [-0.25, -0.2) is 4.39 Å². The van der Waals surface area contributed by atoms with Gasteiger partial charge in [0.15, 0.2) is 5.78 Å². The summed E-state index contributed by atoms with van der Waals surface area (Å²) in [5.41, 5.74) is 11.0. The van der Waals surface area contributed by atoms with E-state index in [-0.39, 0.29) is 46.0 Å². The number of nitrogens with one attached hydrogen (secondary N) is 1. The summed E-state index contributed by atoms with van der Waals surface area (Å²) in [6.45, 7) is 0.313. The first kappa shape index (κ1) is 20.1. The van der Waals surface area contributed by atoms with Gasteiger partial charge in [0.1, 0.15) is 11.6 Å². The second-order valence-electron chi connectivity index (χ2n) is 6.91. The van der Waals surface area contributed by atoms with Crippen LogP contribution >= 0.6 is 11.6 Å². The van der Waals surface area contributed by atoms with Gasteiger partial charge in [0.25, 0.3) is 0 Å². The van der Waals surface area contributed by atoms with Gasteiger partial charge in [0.2, 0.25) is 5.91 Å². The minimum atomic E-state index is -0.711. The van der Waals surface area contributed by atoms with E-state index in [0.717, 1.165) is 12.8 Å². The van der Waals surface area contributed by atoms with Crippen molar-refractivity contribution in [3.63, 3.8) is 0 Å². The molecule has 3 rings (SSSR count). The van der Waals surface area contributed by atoms with Crippen molar-refractivity contribution in [3.8, 4) is 5.75 Å². The third-order valence-electron chi connectivity index (χ3n) is 4.80. The van der Waals surface area contributed by atoms with E-state index in [9.17, 15) is 14.7 Å². The molecular weight excluding hydrogens is 385 g/mol. The van der Waals surface area contributed by atoms with Crippen molar-refractivity contribution in [1.82, 2.24) is 5.32 Å². The minimum Gasteiger partial charge on any atom is -0.506 e. The van der Waals surface area contributed by atoms with E-state index in [1.165, 1.54) is 24.3 Å². The number of amides is 1. The molecule has 1 fully saturated rings. The molecule has 28 heavy (non-hydrogen) atoms. The highest BCUT2D eigenvalue weighted by molar-refractivity contribution is 6.35. The first-order valence-corrected chi connectivity index (χ1v) is 9.30. The molecule has 1 aliphatic rings. The Morgan fingerprint density at radius 1 is 1.29 bits per heavy atom. The maximum Gasteiger partial charge on any atom is 0.218 e. The highest BCUT2D eigenvalue weighted by atomic mass is 35.5. The Morgan fingerprint density at radius 2 is 2.00 bits per heavy atom. The quantitative estimate of drug-likeness (QED) is 0.306. The highest BCUT2D eigenvalue weighted by Crippen LogP contribution is 2.43. The van der Waals surface area contributed by atoms with Gasteiger partial charge in [-0.2, -0.15) is 0 Å². The minimum absolute atomic E-state index is 0.0192. The van der Waals surface area contributed by atoms with Crippen LogP contribution < -0.4 is 16.8 Å². The van der Waals surface area contributed by atoms with Crippen LogP contribution in [0.2, 0.25) is 5.02 Å². The molecule has 0 aliphatic heterocycles. The molecule has 0 spiro atoms.